The summed E-state index contributed by atoms with van der Waals surface area (Å²) >= 11 is 0. The van der Waals surface area contributed by atoms with Gasteiger partial charge in [0.05, 0.1) is 0 Å². The average Bonchev–Trinajstić information content (AvgIpc) is 0. The molecule has 4 heavy (non-hydrogen) atoms. The smallest absolute Gasteiger partial charge is 0 e. The van der Waals surface area contributed by atoms with Crippen LogP contribution in [-0.4, -0.2) is 46.1 Å². The number of rotatable bonds is 0. The molecule has 0 aliphatic carbocycles. The molecule has 0 fully saturated rings. The van der Waals surface area contributed by atoms with Gasteiger partial charge in [-0.3, -0.25) is 0 Å². The van der Waals surface area contributed by atoms with Crippen molar-refractivity contribution < 1.29 is 51.7 Å². The van der Waals surface area contributed by atoms with Crippen LogP contribution in [0.25, 0.3) is 0 Å². The molecule has 14 valence electrons. The Labute approximate surface area is 95.7 Å². The molecule has 0 spiro atoms. The molecule has 4 heteroatoms. The second kappa shape index (κ2) is 16.3. The number of hydrogen-bond acceptors (Lipinski definition) is 0. The molecule has 0 amide bonds. The fourth-order valence-electron chi connectivity index (χ4n) is 0. The molecule has 0 aromatic carbocycles. The third kappa shape index (κ3) is 8.99. The van der Waals surface area contributed by atoms with Crippen LogP contribution in [0.4, 0.5) is 0 Å². The summed E-state index contributed by atoms with van der Waals surface area (Å²) in [7, 11) is 0. The molecule has 0 aromatic rings. The molecular weight excluding hydrogens is 139 g/mol. The van der Waals surface area contributed by atoms with Crippen molar-refractivity contribution >= 4 is 46.1 Å². The van der Waals surface area contributed by atoms with Gasteiger partial charge in [0.15, 0.2) is 0 Å². The Hall–Kier alpha value is 3.27. The van der Waals surface area contributed by atoms with Gasteiger partial charge in [0.25, 0.3) is 0 Å². The topological polar surface area (TPSA) is 0 Å². The monoisotopic (exact) mass is 142 g/mol. The van der Waals surface area contributed by atoms with E-state index in [0.29, 0.717) is 0 Å². The van der Waals surface area contributed by atoms with Crippen molar-refractivity contribution in [3.8, 4) is 0 Å². The molecule has 2 radical (unpaired) electrons. The second-order valence-corrected chi connectivity index (χ2v) is 0. The SMILES string of the molecule is [MgH2].[MgH2].[Sc].[Sc]. The summed E-state index contributed by atoms with van der Waals surface area (Å²) in [6.07, 6.45) is 0. The zero-order chi connectivity index (χ0) is 0. The first-order valence-corrected chi connectivity index (χ1v) is 0. The second-order valence-electron chi connectivity index (χ2n) is 0. The normalized spacial score (nSPS) is 0. The van der Waals surface area contributed by atoms with Gasteiger partial charge in [-0.15, -0.1) is 0 Å². The molecule has 0 atom stereocenters. The maximum Gasteiger partial charge on any atom is 0.316 e. The predicted molar refractivity (Wildman–Crippen MR) is 17.1 cm³/mol. The molecule has 0 nitrogen and oxygen atoms in total. The van der Waals surface area contributed by atoms with E-state index in [2.05, 4.69) is 0 Å². The third-order valence-electron chi connectivity index (χ3n) is 0. The van der Waals surface area contributed by atoms with Gasteiger partial charge in [-0.05, 0) is 0 Å². The summed E-state index contributed by atoms with van der Waals surface area (Å²) in [5.41, 5.74) is 0. The average molecular weight is 143 g/mol. The van der Waals surface area contributed by atoms with Crippen LogP contribution in [0.2, 0.25) is 0 Å². The van der Waals surface area contributed by atoms with E-state index in [9.17, 15) is 0 Å². The minimum absolute atomic E-state index is 0. The zero-order valence-electron chi connectivity index (χ0n) is 1.15. The van der Waals surface area contributed by atoms with Crippen LogP contribution >= 0.6 is 0 Å². The van der Waals surface area contributed by atoms with Crippen molar-refractivity contribution in [3.05, 3.63) is 0 Å². The maximum absolute atomic E-state index is 0. The first kappa shape index (κ1) is 26.7. The standard InChI is InChI=1S/2Mg.2Sc.4H. The quantitative estimate of drug-likeness (QED) is 0.349. The van der Waals surface area contributed by atoms with Crippen LogP contribution in [0.5, 0.6) is 0 Å². The maximum atomic E-state index is 0. The van der Waals surface area contributed by atoms with Crippen molar-refractivity contribution in [3.63, 3.8) is 0 Å². The van der Waals surface area contributed by atoms with Crippen LogP contribution < -0.4 is 0 Å². The first-order valence-electron chi connectivity index (χ1n) is 0. The summed E-state index contributed by atoms with van der Waals surface area (Å²) in [4.78, 5) is 0. The van der Waals surface area contributed by atoms with Gasteiger partial charge >= 0.3 is 46.1 Å². The summed E-state index contributed by atoms with van der Waals surface area (Å²) < 4.78 is 0. The summed E-state index contributed by atoms with van der Waals surface area (Å²) in [5, 5.41) is 0. The molecule has 0 saturated carbocycles. The van der Waals surface area contributed by atoms with E-state index in [1.165, 1.54) is 0 Å². The van der Waals surface area contributed by atoms with E-state index < -0.39 is 0 Å². The Kier molecular flexibility index (Phi) is 109. The molecule has 0 N–H and O–H groups in total. The summed E-state index contributed by atoms with van der Waals surface area (Å²) in [6.45, 7) is 0. The van der Waals surface area contributed by atoms with E-state index in [1.807, 2.05) is 0 Å². The first-order chi connectivity index (χ1) is 0. The summed E-state index contributed by atoms with van der Waals surface area (Å²) in [6, 6.07) is 0. The molecule has 0 unspecified atom stereocenters. The number of hydrogen-bond donors (Lipinski definition) is 0. The van der Waals surface area contributed by atoms with E-state index in [4.69, 9.17) is 0 Å². The van der Waals surface area contributed by atoms with E-state index in [1.54, 1.807) is 0 Å². The molecule has 0 saturated heterocycles. The molecule has 0 heterocycles. The predicted octanol–water partition coefficient (Wildman–Crippen LogP) is -1.84. The Morgan fingerprint density at radius 1 is 0.500 bits per heavy atom. The Balaban J connectivity index is 0. The Morgan fingerprint density at radius 2 is 0.500 bits per heavy atom. The molecule has 0 aliphatic rings. The Morgan fingerprint density at radius 3 is 0.500 bits per heavy atom. The molecule has 0 rings (SSSR count). The molecule has 0 aliphatic heterocycles. The van der Waals surface area contributed by atoms with Gasteiger partial charge in [0, 0.05) is 51.7 Å². The van der Waals surface area contributed by atoms with Crippen molar-refractivity contribution in [2.45, 2.75) is 0 Å². The minimum Gasteiger partial charge on any atom is 0 e. The summed E-state index contributed by atoms with van der Waals surface area (Å²) in [5.74, 6) is 0. The van der Waals surface area contributed by atoms with Gasteiger partial charge in [-0.1, -0.05) is 0 Å². The van der Waals surface area contributed by atoms with Crippen molar-refractivity contribution in [1.29, 1.82) is 0 Å². The van der Waals surface area contributed by atoms with Gasteiger partial charge in [-0.2, -0.15) is 0 Å². The van der Waals surface area contributed by atoms with Gasteiger partial charge in [-0.25, -0.2) is 0 Å². The fraction of sp³-hybridized carbons (Fsp3) is 0. The van der Waals surface area contributed by atoms with E-state index in [0.717, 1.165) is 0 Å². The van der Waals surface area contributed by atoms with E-state index in [-0.39, 0.29) is 97.8 Å². The van der Waals surface area contributed by atoms with E-state index >= 15 is 0 Å². The zero-order valence-corrected chi connectivity index (χ0v) is 4.76. The van der Waals surface area contributed by atoms with Crippen LogP contribution in [0.15, 0.2) is 0 Å². The van der Waals surface area contributed by atoms with Crippen molar-refractivity contribution in [2.75, 3.05) is 0 Å². The van der Waals surface area contributed by atoms with Crippen LogP contribution in [0, 0.1) is 0 Å². The van der Waals surface area contributed by atoms with Crippen LogP contribution in [0.3, 0.4) is 0 Å². The van der Waals surface area contributed by atoms with Gasteiger partial charge < -0.3 is 0 Å². The minimum atomic E-state index is 0. The Bertz CT molecular complexity index is 4.00. The van der Waals surface area contributed by atoms with Crippen LogP contribution in [-0.2, 0) is 51.7 Å². The van der Waals surface area contributed by atoms with Crippen molar-refractivity contribution in [1.82, 2.24) is 0 Å². The molecule has 0 bridgehead atoms. The van der Waals surface area contributed by atoms with Gasteiger partial charge in [0.1, 0.15) is 0 Å². The molecular formula is H4Mg2Sc2. The van der Waals surface area contributed by atoms with Gasteiger partial charge in [0.2, 0.25) is 0 Å². The third-order valence-corrected chi connectivity index (χ3v) is 0. The fourth-order valence-corrected chi connectivity index (χ4v) is 0. The largest absolute Gasteiger partial charge is 0.316 e. The van der Waals surface area contributed by atoms with Crippen molar-refractivity contribution in [2.24, 2.45) is 0 Å². The van der Waals surface area contributed by atoms with Crippen LogP contribution in [0.1, 0.15) is 0 Å². The molecule has 0 aromatic heterocycles.